The summed E-state index contributed by atoms with van der Waals surface area (Å²) in [4.78, 5) is 16.1. The van der Waals surface area contributed by atoms with Crippen molar-refractivity contribution in [2.75, 3.05) is 11.9 Å². The average Bonchev–Trinajstić information content (AvgIpc) is 2.37. The molecule has 1 aromatic carbocycles. The van der Waals surface area contributed by atoms with Crippen LogP contribution in [0.15, 0.2) is 30.3 Å². The van der Waals surface area contributed by atoms with Gasteiger partial charge in [0.1, 0.15) is 11.6 Å². The fraction of sp³-hybridized carbons (Fsp3) is 0.294. The molecule has 4 heteroatoms. The van der Waals surface area contributed by atoms with Gasteiger partial charge >= 0.3 is 0 Å². The first kappa shape index (κ1) is 15.0. The van der Waals surface area contributed by atoms with Crippen LogP contribution in [0.25, 0.3) is 0 Å². The lowest BCUT2D eigenvalue weighted by Crippen LogP contribution is -2.21. The lowest BCUT2D eigenvalue weighted by molar-refractivity contribution is -0.118. The van der Waals surface area contributed by atoms with Gasteiger partial charge in [-0.1, -0.05) is 23.8 Å². The van der Waals surface area contributed by atoms with Crippen LogP contribution in [0.2, 0.25) is 0 Å². The third-order valence-corrected chi connectivity index (χ3v) is 3.11. The first-order chi connectivity index (χ1) is 9.95. The van der Waals surface area contributed by atoms with Crippen LogP contribution in [-0.4, -0.2) is 17.5 Å². The molecular formula is C17H20N2O2. The molecular weight excluding hydrogens is 264 g/mol. The fourth-order valence-corrected chi connectivity index (χ4v) is 2.32. The third kappa shape index (κ3) is 4.05. The number of anilines is 1. The zero-order chi connectivity index (χ0) is 15.4. The monoisotopic (exact) mass is 284 g/mol. The van der Waals surface area contributed by atoms with Gasteiger partial charge in [-0.2, -0.15) is 0 Å². The van der Waals surface area contributed by atoms with E-state index < -0.39 is 0 Å². The molecule has 0 fully saturated rings. The molecule has 1 N–H and O–H groups in total. The van der Waals surface area contributed by atoms with Gasteiger partial charge in [0, 0.05) is 5.69 Å². The predicted molar refractivity (Wildman–Crippen MR) is 83.8 cm³/mol. The second kappa shape index (κ2) is 6.39. The molecule has 2 aromatic rings. The second-order valence-electron chi connectivity index (χ2n) is 5.23. The van der Waals surface area contributed by atoms with Crippen LogP contribution in [0.3, 0.4) is 0 Å². The number of hydrogen-bond donors (Lipinski definition) is 1. The predicted octanol–water partition coefficient (Wildman–Crippen LogP) is 3.33. The Balaban J connectivity index is 1.99. The Morgan fingerprint density at radius 1 is 1.14 bits per heavy atom. The quantitative estimate of drug-likeness (QED) is 0.937. The summed E-state index contributed by atoms with van der Waals surface area (Å²) in [5.74, 6) is 1.10. The average molecular weight is 284 g/mol. The molecule has 0 unspecified atom stereocenters. The summed E-state index contributed by atoms with van der Waals surface area (Å²) >= 11 is 0. The molecule has 0 spiro atoms. The Morgan fingerprint density at radius 3 is 2.43 bits per heavy atom. The van der Waals surface area contributed by atoms with Crippen LogP contribution in [0.4, 0.5) is 5.82 Å². The van der Waals surface area contributed by atoms with E-state index in [-0.39, 0.29) is 12.5 Å². The molecule has 110 valence electrons. The smallest absolute Gasteiger partial charge is 0.263 e. The molecule has 21 heavy (non-hydrogen) atoms. The first-order valence-corrected chi connectivity index (χ1v) is 6.90. The molecule has 2 rings (SSSR count). The highest BCUT2D eigenvalue weighted by Crippen LogP contribution is 2.24. The van der Waals surface area contributed by atoms with Crippen molar-refractivity contribution in [3.63, 3.8) is 0 Å². The van der Waals surface area contributed by atoms with Crippen LogP contribution < -0.4 is 10.1 Å². The van der Waals surface area contributed by atoms with E-state index in [1.807, 2.05) is 52.0 Å². The SMILES string of the molecule is Cc1cc(C)c(OCC(=O)Nc2cccc(C)n2)c(C)c1. The number of ether oxygens (including phenoxy) is 1. The minimum absolute atomic E-state index is 0.0274. The number of nitrogens with zero attached hydrogens (tertiary/aromatic N) is 1. The number of nitrogens with one attached hydrogen (secondary N) is 1. The normalized spacial score (nSPS) is 10.3. The van der Waals surface area contributed by atoms with Gasteiger partial charge in [-0.15, -0.1) is 0 Å². The van der Waals surface area contributed by atoms with Gasteiger partial charge in [-0.3, -0.25) is 4.79 Å². The summed E-state index contributed by atoms with van der Waals surface area (Å²) in [6, 6.07) is 9.58. The van der Waals surface area contributed by atoms with Crippen molar-refractivity contribution in [1.29, 1.82) is 0 Å². The molecule has 0 saturated carbocycles. The lowest BCUT2D eigenvalue weighted by atomic mass is 10.1. The van der Waals surface area contributed by atoms with Crippen LogP contribution in [0.5, 0.6) is 5.75 Å². The summed E-state index contributed by atoms with van der Waals surface area (Å²) < 4.78 is 5.65. The standard InChI is InChI=1S/C17H20N2O2/c1-11-8-12(2)17(13(3)9-11)21-10-16(20)19-15-7-5-6-14(4)18-15/h5-9H,10H2,1-4H3,(H,18,19,20). The lowest BCUT2D eigenvalue weighted by Gasteiger charge is -2.13. The summed E-state index contributed by atoms with van der Waals surface area (Å²) in [5, 5.41) is 2.73. The van der Waals surface area contributed by atoms with Gasteiger partial charge in [0.2, 0.25) is 0 Å². The van der Waals surface area contributed by atoms with Crippen LogP contribution >= 0.6 is 0 Å². The molecule has 0 aliphatic carbocycles. The van der Waals surface area contributed by atoms with Crippen molar-refractivity contribution in [3.8, 4) is 5.75 Å². The Kier molecular flexibility index (Phi) is 4.58. The number of pyridine rings is 1. The van der Waals surface area contributed by atoms with Crippen molar-refractivity contribution in [2.45, 2.75) is 27.7 Å². The number of aryl methyl sites for hydroxylation is 4. The van der Waals surface area contributed by atoms with Crippen molar-refractivity contribution >= 4 is 11.7 Å². The Morgan fingerprint density at radius 2 is 1.81 bits per heavy atom. The van der Waals surface area contributed by atoms with Gasteiger partial charge in [-0.05, 0) is 51.0 Å². The number of carbonyl (C=O) groups is 1. The van der Waals surface area contributed by atoms with Crippen molar-refractivity contribution in [3.05, 3.63) is 52.7 Å². The highest BCUT2D eigenvalue weighted by Gasteiger charge is 2.09. The number of hydrogen-bond acceptors (Lipinski definition) is 3. The van der Waals surface area contributed by atoms with Crippen molar-refractivity contribution in [2.24, 2.45) is 0 Å². The number of carbonyl (C=O) groups excluding carboxylic acids is 1. The molecule has 0 radical (unpaired) electrons. The maximum absolute atomic E-state index is 11.9. The molecule has 0 aliphatic heterocycles. The van der Waals surface area contributed by atoms with Crippen LogP contribution in [0.1, 0.15) is 22.4 Å². The molecule has 1 amide bonds. The van der Waals surface area contributed by atoms with Crippen molar-refractivity contribution < 1.29 is 9.53 Å². The number of rotatable bonds is 4. The first-order valence-electron chi connectivity index (χ1n) is 6.90. The van der Waals surface area contributed by atoms with Gasteiger partial charge < -0.3 is 10.1 Å². The third-order valence-electron chi connectivity index (χ3n) is 3.11. The zero-order valence-electron chi connectivity index (χ0n) is 12.9. The summed E-state index contributed by atoms with van der Waals surface area (Å²) in [7, 11) is 0. The number of amides is 1. The largest absolute Gasteiger partial charge is 0.483 e. The summed E-state index contributed by atoms with van der Waals surface area (Å²) in [5.41, 5.74) is 4.12. The van der Waals surface area contributed by atoms with E-state index in [2.05, 4.69) is 10.3 Å². The van der Waals surface area contributed by atoms with Gasteiger partial charge in [0.15, 0.2) is 6.61 Å². The Bertz CT molecular complexity index is 643. The van der Waals surface area contributed by atoms with Crippen molar-refractivity contribution in [1.82, 2.24) is 4.98 Å². The molecule has 0 aliphatic rings. The van der Waals surface area contributed by atoms with E-state index in [9.17, 15) is 4.79 Å². The Hall–Kier alpha value is -2.36. The van der Waals surface area contributed by atoms with Crippen LogP contribution in [0, 0.1) is 27.7 Å². The number of benzene rings is 1. The van der Waals surface area contributed by atoms with E-state index in [0.29, 0.717) is 5.82 Å². The molecule has 1 heterocycles. The molecule has 4 nitrogen and oxygen atoms in total. The maximum atomic E-state index is 11.9. The molecule has 0 bridgehead atoms. The fourth-order valence-electron chi connectivity index (χ4n) is 2.32. The van der Waals surface area contributed by atoms with E-state index in [0.717, 1.165) is 22.6 Å². The molecule has 0 atom stereocenters. The topological polar surface area (TPSA) is 51.2 Å². The van der Waals surface area contributed by atoms with Gasteiger partial charge in [0.25, 0.3) is 5.91 Å². The highest BCUT2D eigenvalue weighted by molar-refractivity contribution is 5.91. The minimum Gasteiger partial charge on any atom is -0.483 e. The van der Waals surface area contributed by atoms with Crippen LogP contribution in [-0.2, 0) is 4.79 Å². The highest BCUT2D eigenvalue weighted by atomic mass is 16.5. The van der Waals surface area contributed by atoms with E-state index in [1.54, 1.807) is 6.07 Å². The summed E-state index contributed by atoms with van der Waals surface area (Å²) in [6.07, 6.45) is 0. The van der Waals surface area contributed by atoms with E-state index >= 15 is 0 Å². The van der Waals surface area contributed by atoms with Gasteiger partial charge in [-0.25, -0.2) is 4.98 Å². The Labute approximate surface area is 125 Å². The molecule has 1 aromatic heterocycles. The maximum Gasteiger partial charge on any atom is 0.263 e. The zero-order valence-corrected chi connectivity index (χ0v) is 12.9. The number of aromatic nitrogens is 1. The van der Waals surface area contributed by atoms with E-state index in [1.165, 1.54) is 5.56 Å². The second-order valence-corrected chi connectivity index (χ2v) is 5.23. The molecule has 0 saturated heterocycles. The van der Waals surface area contributed by atoms with Gasteiger partial charge in [0.05, 0.1) is 0 Å². The summed E-state index contributed by atoms with van der Waals surface area (Å²) in [6.45, 7) is 7.86. The minimum atomic E-state index is -0.215. The van der Waals surface area contributed by atoms with E-state index in [4.69, 9.17) is 4.74 Å².